The van der Waals surface area contributed by atoms with E-state index < -0.39 is 32.1 Å². The van der Waals surface area contributed by atoms with Crippen molar-refractivity contribution in [3.05, 3.63) is 69.2 Å². The fourth-order valence-electron chi connectivity index (χ4n) is 1.68. The van der Waals surface area contributed by atoms with Gasteiger partial charge in [-0.15, -0.1) is 0 Å². The van der Waals surface area contributed by atoms with Gasteiger partial charge in [0, 0.05) is 11.1 Å². The molecule has 0 bridgehead atoms. The van der Waals surface area contributed by atoms with Crippen LogP contribution in [0.15, 0.2) is 53.4 Å². The van der Waals surface area contributed by atoms with Crippen molar-refractivity contribution in [3.8, 4) is 0 Å². The van der Waals surface area contributed by atoms with Crippen LogP contribution in [0, 0.1) is 10.1 Å². The highest BCUT2D eigenvalue weighted by Gasteiger charge is 2.25. The topological polar surface area (TPSA) is 106 Å². The number of benzene rings is 2. The molecule has 22 heavy (non-hydrogen) atoms. The van der Waals surface area contributed by atoms with E-state index in [1.165, 1.54) is 30.3 Å². The molecule has 0 aromatic heterocycles. The van der Waals surface area contributed by atoms with Crippen LogP contribution < -0.4 is 4.72 Å². The quantitative estimate of drug-likeness (QED) is 0.679. The van der Waals surface area contributed by atoms with E-state index in [2.05, 4.69) is 0 Å². The van der Waals surface area contributed by atoms with Gasteiger partial charge in [-0.05, 0) is 24.3 Å². The highest BCUT2D eigenvalue weighted by Crippen LogP contribution is 2.23. The number of halogens is 1. The molecule has 9 heteroatoms. The summed E-state index contributed by atoms with van der Waals surface area (Å²) >= 11 is 5.64. The molecular formula is C13H9ClN2O5S. The molecule has 7 nitrogen and oxygen atoms in total. The number of sulfonamides is 1. The van der Waals surface area contributed by atoms with Crippen LogP contribution in [0.5, 0.6) is 0 Å². The number of nitro groups is 1. The first-order valence-corrected chi connectivity index (χ1v) is 7.73. The number of nitrogens with zero attached hydrogens (tertiary/aromatic N) is 1. The molecule has 2 rings (SSSR count). The molecule has 0 aliphatic carbocycles. The predicted octanol–water partition coefficient (Wildman–Crippen LogP) is 2.37. The molecule has 1 N–H and O–H groups in total. The summed E-state index contributed by atoms with van der Waals surface area (Å²) in [5.74, 6) is -1.10. The summed E-state index contributed by atoms with van der Waals surface area (Å²) < 4.78 is 25.9. The Morgan fingerprint density at radius 1 is 1.14 bits per heavy atom. The first-order valence-electron chi connectivity index (χ1n) is 5.87. The maximum atomic E-state index is 12.0. The molecule has 1 amide bonds. The molecule has 114 valence electrons. The normalized spacial score (nSPS) is 11.0. The zero-order valence-corrected chi connectivity index (χ0v) is 12.5. The summed E-state index contributed by atoms with van der Waals surface area (Å²) in [4.78, 5) is 22.0. The average Bonchev–Trinajstić information content (AvgIpc) is 2.47. The number of amides is 1. The Hall–Kier alpha value is -2.45. The van der Waals surface area contributed by atoms with E-state index in [1.807, 2.05) is 0 Å². The van der Waals surface area contributed by atoms with Crippen LogP contribution in [0.3, 0.4) is 0 Å². The average molecular weight is 341 g/mol. The van der Waals surface area contributed by atoms with Crippen molar-refractivity contribution in [2.45, 2.75) is 4.90 Å². The molecule has 0 aliphatic heterocycles. The third kappa shape index (κ3) is 3.41. The van der Waals surface area contributed by atoms with Crippen LogP contribution in [-0.2, 0) is 10.0 Å². The van der Waals surface area contributed by atoms with Crippen molar-refractivity contribution in [2.24, 2.45) is 0 Å². The lowest BCUT2D eigenvalue weighted by Crippen LogP contribution is -2.31. The van der Waals surface area contributed by atoms with Gasteiger partial charge in [-0.3, -0.25) is 14.9 Å². The Morgan fingerprint density at radius 3 is 2.36 bits per heavy atom. The van der Waals surface area contributed by atoms with E-state index in [1.54, 1.807) is 10.8 Å². The highest BCUT2D eigenvalue weighted by molar-refractivity contribution is 7.90. The standard InChI is InChI=1S/C13H9ClN2O5S/c14-9-6-7-11(12(8-9)16(18)19)13(17)15-22(20,21)10-4-2-1-3-5-10/h1-8H,(H,15,17). The van der Waals surface area contributed by atoms with Gasteiger partial charge in [0.15, 0.2) is 0 Å². The van der Waals surface area contributed by atoms with E-state index in [9.17, 15) is 23.3 Å². The van der Waals surface area contributed by atoms with Gasteiger partial charge in [-0.2, -0.15) is 0 Å². The zero-order chi connectivity index (χ0) is 16.3. The minimum absolute atomic E-state index is 0.0640. The second-order valence-corrected chi connectivity index (χ2v) is 6.29. The van der Waals surface area contributed by atoms with E-state index in [-0.39, 0.29) is 9.92 Å². The SMILES string of the molecule is O=C(NS(=O)(=O)c1ccccc1)c1ccc(Cl)cc1[N+](=O)[O-]. The van der Waals surface area contributed by atoms with Crippen molar-refractivity contribution in [2.75, 3.05) is 0 Å². The lowest BCUT2D eigenvalue weighted by atomic mass is 10.2. The lowest BCUT2D eigenvalue weighted by molar-refractivity contribution is -0.385. The number of nitrogens with one attached hydrogen (secondary N) is 1. The van der Waals surface area contributed by atoms with Gasteiger partial charge in [-0.25, -0.2) is 13.1 Å². The number of carbonyl (C=O) groups excluding carboxylic acids is 1. The fraction of sp³-hybridized carbons (Fsp3) is 0. The first-order chi connectivity index (χ1) is 10.3. The van der Waals surface area contributed by atoms with Gasteiger partial charge in [0.25, 0.3) is 21.6 Å². The molecule has 0 atom stereocenters. The van der Waals surface area contributed by atoms with Crippen molar-refractivity contribution < 1.29 is 18.1 Å². The molecule has 0 saturated carbocycles. The van der Waals surface area contributed by atoms with Crippen LogP contribution in [-0.4, -0.2) is 19.2 Å². The van der Waals surface area contributed by atoms with E-state index >= 15 is 0 Å². The largest absolute Gasteiger partial charge is 0.283 e. The lowest BCUT2D eigenvalue weighted by Gasteiger charge is -2.07. The minimum Gasteiger partial charge on any atom is -0.268 e. The number of hydrogen-bond donors (Lipinski definition) is 1. The van der Waals surface area contributed by atoms with Crippen molar-refractivity contribution >= 4 is 33.2 Å². The van der Waals surface area contributed by atoms with Gasteiger partial charge >= 0.3 is 0 Å². The highest BCUT2D eigenvalue weighted by atomic mass is 35.5. The van der Waals surface area contributed by atoms with Crippen LogP contribution in [0.1, 0.15) is 10.4 Å². The Labute approximate surface area is 130 Å². The smallest absolute Gasteiger partial charge is 0.268 e. The van der Waals surface area contributed by atoms with Crippen LogP contribution in [0.25, 0.3) is 0 Å². The fourth-order valence-corrected chi connectivity index (χ4v) is 2.84. The van der Waals surface area contributed by atoms with E-state index in [0.29, 0.717) is 0 Å². The maximum absolute atomic E-state index is 12.0. The molecule has 2 aromatic rings. The molecule has 0 unspecified atom stereocenters. The maximum Gasteiger partial charge on any atom is 0.283 e. The Morgan fingerprint density at radius 2 is 1.77 bits per heavy atom. The molecule has 0 heterocycles. The second-order valence-electron chi connectivity index (χ2n) is 4.17. The number of carbonyl (C=O) groups is 1. The first kappa shape index (κ1) is 15.9. The molecule has 2 aromatic carbocycles. The zero-order valence-electron chi connectivity index (χ0n) is 10.9. The third-order valence-electron chi connectivity index (χ3n) is 2.68. The van der Waals surface area contributed by atoms with E-state index in [0.717, 1.165) is 12.1 Å². The van der Waals surface area contributed by atoms with Gasteiger partial charge in [0.1, 0.15) is 5.56 Å². The summed E-state index contributed by atoms with van der Waals surface area (Å²) in [7, 11) is -4.12. The molecule has 0 aliphatic rings. The Bertz CT molecular complexity index is 837. The Balaban J connectivity index is 2.36. The Kier molecular flexibility index (Phi) is 4.43. The second kappa shape index (κ2) is 6.12. The van der Waals surface area contributed by atoms with Crippen LogP contribution in [0.2, 0.25) is 5.02 Å². The van der Waals surface area contributed by atoms with Crippen molar-refractivity contribution in [3.63, 3.8) is 0 Å². The summed E-state index contributed by atoms with van der Waals surface area (Å²) in [6.07, 6.45) is 0. The van der Waals surface area contributed by atoms with Crippen LogP contribution in [0.4, 0.5) is 5.69 Å². The summed E-state index contributed by atoms with van der Waals surface area (Å²) in [5, 5.41) is 11.0. The molecule has 0 spiro atoms. The van der Waals surface area contributed by atoms with Crippen LogP contribution >= 0.6 is 11.6 Å². The van der Waals surface area contributed by atoms with E-state index in [4.69, 9.17) is 11.6 Å². The van der Waals surface area contributed by atoms with Gasteiger partial charge in [0.2, 0.25) is 0 Å². The monoisotopic (exact) mass is 340 g/mol. The number of nitro benzene ring substituents is 1. The predicted molar refractivity (Wildman–Crippen MR) is 79.2 cm³/mol. The number of rotatable bonds is 4. The summed E-state index contributed by atoms with van der Waals surface area (Å²) in [6, 6.07) is 10.5. The number of hydrogen-bond acceptors (Lipinski definition) is 5. The van der Waals surface area contributed by atoms with Gasteiger partial charge in [0.05, 0.1) is 9.82 Å². The molecule has 0 saturated heterocycles. The van der Waals surface area contributed by atoms with Crippen molar-refractivity contribution in [1.82, 2.24) is 4.72 Å². The third-order valence-corrected chi connectivity index (χ3v) is 4.26. The van der Waals surface area contributed by atoms with Crippen molar-refractivity contribution in [1.29, 1.82) is 0 Å². The van der Waals surface area contributed by atoms with Gasteiger partial charge in [-0.1, -0.05) is 29.8 Å². The summed E-state index contributed by atoms with van der Waals surface area (Å²) in [6.45, 7) is 0. The molecule has 0 fully saturated rings. The minimum atomic E-state index is -4.12. The summed E-state index contributed by atoms with van der Waals surface area (Å²) in [5.41, 5.74) is -0.970. The molecular weight excluding hydrogens is 332 g/mol. The molecule has 0 radical (unpaired) electrons. The van der Waals surface area contributed by atoms with Gasteiger partial charge < -0.3 is 0 Å².